The van der Waals surface area contributed by atoms with Gasteiger partial charge in [-0.25, -0.2) is 0 Å². The van der Waals surface area contributed by atoms with Gasteiger partial charge < -0.3 is 14.5 Å². The number of amides is 2. The summed E-state index contributed by atoms with van der Waals surface area (Å²) in [7, 11) is 0. The first-order chi connectivity index (χ1) is 15.7. The lowest BCUT2D eigenvalue weighted by Crippen LogP contribution is -2.46. The highest BCUT2D eigenvalue weighted by Gasteiger charge is 2.34. The number of rotatable bonds is 7. The number of carbonyl (C=O) groups is 2. The molecule has 2 amide bonds. The summed E-state index contributed by atoms with van der Waals surface area (Å²) in [6.45, 7) is 1.63. The molecule has 4 rings (SSSR count). The van der Waals surface area contributed by atoms with Gasteiger partial charge in [0.25, 0.3) is 0 Å². The highest BCUT2D eigenvalue weighted by Crippen LogP contribution is 2.25. The molecular formula is C26H33N3O3. The molecule has 0 unspecified atom stereocenters. The number of ether oxygens (including phenoxy) is 1. The lowest BCUT2D eigenvalue weighted by atomic mass is 9.94. The van der Waals surface area contributed by atoms with E-state index in [1.807, 2.05) is 53.4 Å². The van der Waals surface area contributed by atoms with E-state index in [-0.39, 0.29) is 30.5 Å². The molecule has 2 aromatic rings. The lowest BCUT2D eigenvalue weighted by molar-refractivity contribution is -0.140. The molecule has 32 heavy (non-hydrogen) atoms. The molecule has 1 aromatic heterocycles. The van der Waals surface area contributed by atoms with Crippen LogP contribution in [0.25, 0.3) is 0 Å². The zero-order valence-corrected chi connectivity index (χ0v) is 18.7. The second-order valence-corrected chi connectivity index (χ2v) is 8.85. The van der Waals surface area contributed by atoms with Crippen molar-refractivity contribution in [1.82, 2.24) is 14.8 Å². The Balaban J connectivity index is 1.44. The monoisotopic (exact) mass is 435 g/mol. The van der Waals surface area contributed by atoms with Crippen LogP contribution >= 0.6 is 0 Å². The van der Waals surface area contributed by atoms with Crippen LogP contribution in [0.15, 0.2) is 54.7 Å². The summed E-state index contributed by atoms with van der Waals surface area (Å²) >= 11 is 0. The van der Waals surface area contributed by atoms with Gasteiger partial charge in [-0.3, -0.25) is 14.6 Å². The fourth-order valence-corrected chi connectivity index (χ4v) is 4.71. The number of aromatic nitrogens is 1. The van der Waals surface area contributed by atoms with Crippen LogP contribution < -0.4 is 0 Å². The van der Waals surface area contributed by atoms with Crippen LogP contribution in [0.5, 0.6) is 0 Å². The molecule has 0 radical (unpaired) electrons. The normalized spacial score (nSPS) is 20.2. The third-order valence-electron chi connectivity index (χ3n) is 6.49. The van der Waals surface area contributed by atoms with E-state index in [1.165, 1.54) is 6.42 Å². The van der Waals surface area contributed by atoms with Gasteiger partial charge in [0.2, 0.25) is 11.8 Å². The molecule has 1 aromatic carbocycles. The highest BCUT2D eigenvalue weighted by molar-refractivity contribution is 5.85. The molecule has 1 saturated carbocycles. The summed E-state index contributed by atoms with van der Waals surface area (Å²) in [5.41, 5.74) is 1.99. The summed E-state index contributed by atoms with van der Waals surface area (Å²) in [6.07, 6.45) is 8.13. The van der Waals surface area contributed by atoms with Crippen LogP contribution in [0.2, 0.25) is 0 Å². The molecule has 1 saturated heterocycles. The Morgan fingerprint density at radius 2 is 1.78 bits per heavy atom. The summed E-state index contributed by atoms with van der Waals surface area (Å²) < 4.78 is 6.26. The molecule has 2 heterocycles. The van der Waals surface area contributed by atoms with Crippen molar-refractivity contribution in [2.45, 2.75) is 63.7 Å². The van der Waals surface area contributed by atoms with Gasteiger partial charge in [0, 0.05) is 37.4 Å². The van der Waals surface area contributed by atoms with Gasteiger partial charge in [-0.15, -0.1) is 0 Å². The largest absolute Gasteiger partial charge is 0.370 e. The van der Waals surface area contributed by atoms with E-state index in [2.05, 4.69) is 4.98 Å². The van der Waals surface area contributed by atoms with Crippen molar-refractivity contribution >= 4 is 11.8 Å². The van der Waals surface area contributed by atoms with E-state index in [4.69, 9.17) is 4.74 Å². The second-order valence-electron chi connectivity index (χ2n) is 8.85. The van der Waals surface area contributed by atoms with Gasteiger partial charge in [0.1, 0.15) is 0 Å². The van der Waals surface area contributed by atoms with Crippen molar-refractivity contribution in [2.24, 2.45) is 0 Å². The Morgan fingerprint density at radius 3 is 2.53 bits per heavy atom. The smallest absolute Gasteiger partial charge is 0.242 e. The van der Waals surface area contributed by atoms with Crippen LogP contribution in [0.1, 0.15) is 49.8 Å². The van der Waals surface area contributed by atoms with Crippen LogP contribution in [0, 0.1) is 0 Å². The molecular weight excluding hydrogens is 402 g/mol. The number of hydrogen-bond donors (Lipinski definition) is 0. The van der Waals surface area contributed by atoms with Crippen molar-refractivity contribution in [2.75, 3.05) is 19.6 Å². The Labute approximate surface area is 190 Å². The number of carbonyl (C=O) groups excluding carboxylic acids is 2. The molecule has 0 spiro atoms. The first kappa shape index (κ1) is 22.5. The van der Waals surface area contributed by atoms with Gasteiger partial charge in [-0.1, -0.05) is 55.7 Å². The first-order valence-electron chi connectivity index (χ1n) is 11.8. The summed E-state index contributed by atoms with van der Waals surface area (Å²) in [5, 5.41) is 0. The number of hydrogen-bond acceptors (Lipinski definition) is 4. The number of benzene rings is 1. The minimum Gasteiger partial charge on any atom is -0.370 e. The Hall–Kier alpha value is -2.73. The van der Waals surface area contributed by atoms with Crippen molar-refractivity contribution < 1.29 is 14.3 Å². The maximum atomic E-state index is 13.2. The molecule has 1 aliphatic carbocycles. The molecule has 1 aliphatic heterocycles. The predicted octanol–water partition coefficient (Wildman–Crippen LogP) is 3.60. The Kier molecular flexibility index (Phi) is 7.88. The topological polar surface area (TPSA) is 62.7 Å². The average Bonchev–Trinajstić information content (AvgIpc) is 3.02. The third-order valence-corrected chi connectivity index (χ3v) is 6.49. The highest BCUT2D eigenvalue weighted by atomic mass is 16.5. The van der Waals surface area contributed by atoms with E-state index >= 15 is 0 Å². The lowest BCUT2D eigenvalue weighted by Gasteiger charge is -2.34. The fourth-order valence-electron chi connectivity index (χ4n) is 4.71. The van der Waals surface area contributed by atoms with Gasteiger partial charge in [-0.05, 0) is 37.0 Å². The Bertz CT molecular complexity index is 868. The van der Waals surface area contributed by atoms with Crippen LogP contribution in [0.3, 0.4) is 0 Å². The van der Waals surface area contributed by atoms with Crippen LogP contribution in [0.4, 0.5) is 0 Å². The average molecular weight is 436 g/mol. The van der Waals surface area contributed by atoms with Crippen LogP contribution in [-0.2, 0) is 27.4 Å². The third kappa shape index (κ3) is 6.16. The van der Waals surface area contributed by atoms with Gasteiger partial charge >= 0.3 is 0 Å². The molecule has 170 valence electrons. The van der Waals surface area contributed by atoms with E-state index in [0.29, 0.717) is 32.5 Å². The van der Waals surface area contributed by atoms with Gasteiger partial charge in [0.05, 0.1) is 19.3 Å². The van der Waals surface area contributed by atoms with Crippen molar-refractivity contribution in [1.29, 1.82) is 0 Å². The van der Waals surface area contributed by atoms with Gasteiger partial charge in [-0.2, -0.15) is 0 Å². The quantitative estimate of drug-likeness (QED) is 0.667. The minimum atomic E-state index is -0.192. The second kappa shape index (κ2) is 11.2. The summed E-state index contributed by atoms with van der Waals surface area (Å²) in [5.74, 6) is 0.0386. The van der Waals surface area contributed by atoms with Gasteiger partial charge in [0.15, 0.2) is 0 Å². The maximum Gasteiger partial charge on any atom is 0.242 e. The van der Waals surface area contributed by atoms with E-state index < -0.39 is 0 Å². The number of nitrogens with zero attached hydrogens (tertiary/aromatic N) is 3. The SMILES string of the molecule is O=C(CCc1ccccn1)N1CC(=O)N(C2CCCCC2)C[C@@H](OCc2ccccc2)C1. The van der Waals surface area contributed by atoms with E-state index in [1.54, 1.807) is 11.1 Å². The molecule has 0 bridgehead atoms. The summed E-state index contributed by atoms with van der Waals surface area (Å²) in [4.78, 5) is 34.2. The summed E-state index contributed by atoms with van der Waals surface area (Å²) in [6, 6.07) is 16.0. The molecule has 1 atom stereocenters. The predicted molar refractivity (Wildman–Crippen MR) is 123 cm³/mol. The molecule has 2 aliphatic rings. The molecule has 0 N–H and O–H groups in total. The Morgan fingerprint density at radius 1 is 1.00 bits per heavy atom. The number of pyridine rings is 1. The standard InChI is InChI=1S/C26H33N3O3/c30-25(15-14-22-11-7-8-16-27-22)28-17-24(32-20-21-9-3-1-4-10-21)18-29(26(31)19-28)23-12-5-2-6-13-23/h1,3-4,7-11,16,23-24H,2,5-6,12-15,17-20H2/t24-/m0/s1. The molecule has 6 nitrogen and oxygen atoms in total. The first-order valence-corrected chi connectivity index (χ1v) is 11.8. The van der Waals surface area contributed by atoms with Crippen LogP contribution in [-0.4, -0.2) is 58.4 Å². The van der Waals surface area contributed by atoms with Crippen molar-refractivity contribution in [3.63, 3.8) is 0 Å². The molecule has 2 fully saturated rings. The van der Waals surface area contributed by atoms with Crippen molar-refractivity contribution in [3.05, 3.63) is 66.0 Å². The maximum absolute atomic E-state index is 13.2. The van der Waals surface area contributed by atoms with E-state index in [0.717, 1.165) is 36.9 Å². The fraction of sp³-hybridized carbons (Fsp3) is 0.500. The molecule has 6 heteroatoms. The zero-order chi connectivity index (χ0) is 22.2. The van der Waals surface area contributed by atoms with E-state index in [9.17, 15) is 9.59 Å². The minimum absolute atomic E-state index is 0.0113. The van der Waals surface area contributed by atoms with Crippen molar-refractivity contribution in [3.8, 4) is 0 Å². The zero-order valence-electron chi connectivity index (χ0n) is 18.7. The number of aryl methyl sites for hydroxylation is 1.